The van der Waals surface area contributed by atoms with Gasteiger partial charge in [-0.05, 0) is 35.6 Å². The Bertz CT molecular complexity index is 588. The van der Waals surface area contributed by atoms with Crippen LogP contribution < -0.4 is 4.74 Å². The minimum absolute atomic E-state index is 0.382. The van der Waals surface area contributed by atoms with E-state index in [0.717, 1.165) is 11.3 Å². The van der Waals surface area contributed by atoms with E-state index in [4.69, 9.17) is 4.74 Å². The van der Waals surface area contributed by atoms with Gasteiger partial charge in [-0.15, -0.1) is 0 Å². The van der Waals surface area contributed by atoms with Gasteiger partial charge in [0.1, 0.15) is 5.75 Å². The zero-order valence-electron chi connectivity index (χ0n) is 13.0. The van der Waals surface area contributed by atoms with Crippen LogP contribution in [0.2, 0.25) is 0 Å². The number of carboxylic acids is 1. The summed E-state index contributed by atoms with van der Waals surface area (Å²) in [6.07, 6.45) is 0.450. The fourth-order valence-corrected chi connectivity index (χ4v) is 2.36. The average Bonchev–Trinajstić information content (AvgIpc) is 2.52. The average molecular weight is 298 g/mol. The molecule has 0 radical (unpaired) electrons. The van der Waals surface area contributed by atoms with Gasteiger partial charge in [0.2, 0.25) is 0 Å². The molecular formula is C19H22O3. The van der Waals surface area contributed by atoms with Crippen molar-refractivity contribution in [3.8, 4) is 5.75 Å². The fraction of sp³-hybridized carbons (Fsp3) is 0.316. The van der Waals surface area contributed by atoms with Crippen molar-refractivity contribution >= 4 is 5.97 Å². The summed E-state index contributed by atoms with van der Waals surface area (Å²) in [5.41, 5.74) is 2.08. The van der Waals surface area contributed by atoms with Crippen LogP contribution in [0.4, 0.5) is 0 Å². The van der Waals surface area contributed by atoms with E-state index in [-0.39, 0.29) is 0 Å². The highest BCUT2D eigenvalue weighted by molar-refractivity contribution is 5.76. The molecule has 116 valence electrons. The smallest absolute Gasteiger partial charge is 0.311 e. The van der Waals surface area contributed by atoms with Crippen molar-refractivity contribution in [2.75, 3.05) is 6.61 Å². The van der Waals surface area contributed by atoms with Crippen molar-refractivity contribution < 1.29 is 14.6 Å². The van der Waals surface area contributed by atoms with E-state index in [1.54, 1.807) is 0 Å². The van der Waals surface area contributed by atoms with E-state index in [2.05, 4.69) is 13.8 Å². The third-order valence-electron chi connectivity index (χ3n) is 3.72. The molecule has 0 aliphatic rings. The van der Waals surface area contributed by atoms with Gasteiger partial charge in [-0.3, -0.25) is 4.79 Å². The predicted molar refractivity (Wildman–Crippen MR) is 87.5 cm³/mol. The second kappa shape index (κ2) is 7.64. The molecule has 1 unspecified atom stereocenters. The lowest BCUT2D eigenvalue weighted by molar-refractivity contribution is -0.139. The third kappa shape index (κ3) is 4.35. The largest absolute Gasteiger partial charge is 0.494 e. The first-order valence-electron chi connectivity index (χ1n) is 7.58. The third-order valence-corrected chi connectivity index (χ3v) is 3.72. The maximum absolute atomic E-state index is 11.4. The molecule has 0 aliphatic heterocycles. The van der Waals surface area contributed by atoms with Gasteiger partial charge < -0.3 is 9.84 Å². The fourth-order valence-electron chi connectivity index (χ4n) is 2.36. The summed E-state index contributed by atoms with van der Waals surface area (Å²) in [5.74, 6) is -0.0776. The second-order valence-electron chi connectivity index (χ2n) is 5.66. The molecule has 2 aromatic carbocycles. The highest BCUT2D eigenvalue weighted by atomic mass is 16.5. The summed E-state index contributed by atoms with van der Waals surface area (Å²) in [5, 5.41) is 9.37. The summed E-state index contributed by atoms with van der Waals surface area (Å²) in [7, 11) is 0. The molecule has 0 bridgehead atoms. The zero-order chi connectivity index (χ0) is 15.9. The van der Waals surface area contributed by atoms with Crippen LogP contribution in [0.1, 0.15) is 43.2 Å². The number of benzene rings is 2. The summed E-state index contributed by atoms with van der Waals surface area (Å²) in [6.45, 7) is 4.67. The van der Waals surface area contributed by atoms with Gasteiger partial charge in [0.25, 0.3) is 0 Å². The van der Waals surface area contributed by atoms with E-state index in [1.807, 2.05) is 54.6 Å². The first-order valence-corrected chi connectivity index (χ1v) is 7.58. The van der Waals surface area contributed by atoms with Crippen molar-refractivity contribution in [3.05, 3.63) is 65.7 Å². The number of ether oxygens (including phenoxy) is 1. The van der Waals surface area contributed by atoms with Crippen molar-refractivity contribution in [2.24, 2.45) is 0 Å². The zero-order valence-corrected chi connectivity index (χ0v) is 13.0. The highest BCUT2D eigenvalue weighted by Gasteiger charge is 2.19. The molecule has 0 amide bonds. The predicted octanol–water partition coefficient (Wildman–Crippen LogP) is 4.45. The van der Waals surface area contributed by atoms with Gasteiger partial charge in [0.05, 0.1) is 12.5 Å². The number of rotatable bonds is 7. The Balaban J connectivity index is 1.92. The van der Waals surface area contributed by atoms with E-state index in [9.17, 15) is 9.90 Å². The number of hydrogen-bond donors (Lipinski definition) is 1. The standard InChI is InChI=1S/C19H22O3/c1-14(2)15-8-10-17(11-9-15)22-13-12-18(19(20)21)16-6-4-3-5-7-16/h3-11,14,18H,12-13H2,1-2H3,(H,20,21). The molecule has 2 rings (SSSR count). The van der Waals surface area contributed by atoms with E-state index >= 15 is 0 Å². The first-order chi connectivity index (χ1) is 10.6. The maximum Gasteiger partial charge on any atom is 0.311 e. The summed E-state index contributed by atoms with van der Waals surface area (Å²) in [6, 6.07) is 17.3. The molecule has 0 fully saturated rings. The monoisotopic (exact) mass is 298 g/mol. The number of aliphatic carboxylic acids is 1. The number of carbonyl (C=O) groups is 1. The van der Waals surface area contributed by atoms with Crippen LogP contribution in [0.25, 0.3) is 0 Å². The van der Waals surface area contributed by atoms with E-state index in [0.29, 0.717) is 18.9 Å². The van der Waals surface area contributed by atoms with Gasteiger partial charge >= 0.3 is 5.97 Å². The van der Waals surface area contributed by atoms with Crippen LogP contribution in [-0.2, 0) is 4.79 Å². The Morgan fingerprint density at radius 1 is 1.00 bits per heavy atom. The molecule has 0 aromatic heterocycles. The van der Waals surface area contributed by atoms with Crippen LogP contribution in [0.3, 0.4) is 0 Å². The van der Waals surface area contributed by atoms with Crippen molar-refractivity contribution in [1.29, 1.82) is 0 Å². The number of hydrogen-bond acceptors (Lipinski definition) is 2. The molecule has 1 N–H and O–H groups in total. The van der Waals surface area contributed by atoms with Gasteiger partial charge in [0, 0.05) is 0 Å². The second-order valence-corrected chi connectivity index (χ2v) is 5.66. The Labute approximate surface area is 131 Å². The molecule has 0 aliphatic carbocycles. The van der Waals surface area contributed by atoms with Gasteiger partial charge in [0.15, 0.2) is 0 Å². The van der Waals surface area contributed by atoms with Crippen molar-refractivity contribution in [2.45, 2.75) is 32.1 Å². The van der Waals surface area contributed by atoms with Crippen molar-refractivity contribution in [1.82, 2.24) is 0 Å². The summed E-state index contributed by atoms with van der Waals surface area (Å²) in [4.78, 5) is 11.4. The van der Waals surface area contributed by atoms with Gasteiger partial charge in [-0.1, -0.05) is 56.3 Å². The first kappa shape index (κ1) is 16.1. The summed E-state index contributed by atoms with van der Waals surface area (Å²) < 4.78 is 5.68. The minimum Gasteiger partial charge on any atom is -0.494 e. The van der Waals surface area contributed by atoms with Crippen LogP contribution >= 0.6 is 0 Å². The lowest BCUT2D eigenvalue weighted by atomic mass is 9.96. The Hall–Kier alpha value is -2.29. The molecule has 3 heteroatoms. The molecule has 3 nitrogen and oxygen atoms in total. The lowest BCUT2D eigenvalue weighted by Crippen LogP contribution is -2.15. The number of carboxylic acid groups (broad SMARTS) is 1. The molecule has 22 heavy (non-hydrogen) atoms. The van der Waals surface area contributed by atoms with Crippen LogP contribution in [0, 0.1) is 0 Å². The topological polar surface area (TPSA) is 46.5 Å². The minimum atomic E-state index is -0.815. The molecule has 0 saturated heterocycles. The molecular weight excluding hydrogens is 276 g/mol. The molecule has 2 aromatic rings. The normalized spacial score (nSPS) is 12.1. The van der Waals surface area contributed by atoms with Crippen LogP contribution in [0.5, 0.6) is 5.75 Å². The Morgan fingerprint density at radius 3 is 2.18 bits per heavy atom. The molecule has 1 atom stereocenters. The Morgan fingerprint density at radius 2 is 1.64 bits per heavy atom. The van der Waals surface area contributed by atoms with Crippen LogP contribution in [-0.4, -0.2) is 17.7 Å². The molecule has 0 spiro atoms. The molecule has 0 heterocycles. The lowest BCUT2D eigenvalue weighted by Gasteiger charge is -2.14. The van der Waals surface area contributed by atoms with Crippen LogP contribution in [0.15, 0.2) is 54.6 Å². The molecule has 0 saturated carbocycles. The quantitative estimate of drug-likeness (QED) is 0.821. The van der Waals surface area contributed by atoms with Gasteiger partial charge in [-0.25, -0.2) is 0 Å². The van der Waals surface area contributed by atoms with E-state index in [1.165, 1.54) is 5.56 Å². The van der Waals surface area contributed by atoms with E-state index < -0.39 is 11.9 Å². The highest BCUT2D eigenvalue weighted by Crippen LogP contribution is 2.22. The summed E-state index contributed by atoms with van der Waals surface area (Å²) >= 11 is 0. The van der Waals surface area contributed by atoms with Gasteiger partial charge in [-0.2, -0.15) is 0 Å². The SMILES string of the molecule is CC(C)c1ccc(OCCC(C(=O)O)c2ccccc2)cc1. The maximum atomic E-state index is 11.4. The Kier molecular flexibility index (Phi) is 5.59. The van der Waals surface area contributed by atoms with Crippen molar-refractivity contribution in [3.63, 3.8) is 0 Å².